The van der Waals surface area contributed by atoms with Crippen molar-refractivity contribution >= 4 is 28.8 Å². The Kier molecular flexibility index (Phi) is 5.53. The standard InChI is InChI=1S/C17H15ClFN3O3S/c1-10-20-12(9-26-10)6-22(2)17(23)14-7-25-16(21-14)8-24-15-4-3-11(19)5-13(15)18/h3-5,7,9H,6,8H2,1-2H3. The molecular weight excluding hydrogens is 381 g/mol. The maximum Gasteiger partial charge on any atom is 0.275 e. The van der Waals surface area contributed by atoms with Gasteiger partial charge in [0.25, 0.3) is 5.91 Å². The SMILES string of the molecule is Cc1nc(CN(C)C(=O)c2coc(COc3ccc(F)cc3Cl)n2)cs1. The summed E-state index contributed by atoms with van der Waals surface area (Å²) in [6.07, 6.45) is 1.27. The first kappa shape index (κ1) is 18.3. The molecule has 0 radical (unpaired) electrons. The number of carbonyl (C=O) groups excluding carboxylic acids is 1. The number of ether oxygens (including phenoxy) is 1. The molecule has 0 atom stereocenters. The predicted octanol–water partition coefficient (Wildman–Crippen LogP) is 4.08. The average molecular weight is 396 g/mol. The van der Waals surface area contributed by atoms with E-state index in [0.29, 0.717) is 12.3 Å². The zero-order valence-electron chi connectivity index (χ0n) is 14.0. The zero-order valence-corrected chi connectivity index (χ0v) is 15.6. The van der Waals surface area contributed by atoms with E-state index in [1.54, 1.807) is 7.05 Å². The fourth-order valence-corrected chi connectivity index (χ4v) is 3.02. The summed E-state index contributed by atoms with van der Waals surface area (Å²) >= 11 is 7.42. The van der Waals surface area contributed by atoms with E-state index in [0.717, 1.165) is 16.8 Å². The number of aromatic nitrogens is 2. The van der Waals surface area contributed by atoms with Crippen LogP contribution >= 0.6 is 22.9 Å². The Balaban J connectivity index is 1.60. The second-order valence-corrected chi connectivity index (χ2v) is 6.98. The first-order chi connectivity index (χ1) is 12.4. The molecule has 9 heteroatoms. The van der Waals surface area contributed by atoms with Crippen LogP contribution < -0.4 is 4.74 Å². The number of amides is 1. The van der Waals surface area contributed by atoms with Gasteiger partial charge in [-0.1, -0.05) is 11.6 Å². The molecule has 2 heterocycles. The van der Waals surface area contributed by atoms with Crippen molar-refractivity contribution in [2.24, 2.45) is 0 Å². The number of hydrogen-bond acceptors (Lipinski definition) is 6. The number of thiazole rings is 1. The molecule has 6 nitrogen and oxygen atoms in total. The third kappa shape index (κ3) is 4.39. The molecular formula is C17H15ClFN3O3S. The van der Waals surface area contributed by atoms with Gasteiger partial charge in [-0.2, -0.15) is 0 Å². The van der Waals surface area contributed by atoms with Crippen LogP contribution in [0.25, 0.3) is 0 Å². The number of aryl methyl sites for hydroxylation is 1. The minimum Gasteiger partial charge on any atom is -0.482 e. The number of halogens is 2. The van der Waals surface area contributed by atoms with Gasteiger partial charge in [-0.05, 0) is 25.1 Å². The molecule has 0 spiro atoms. The molecule has 0 saturated heterocycles. The Morgan fingerprint density at radius 2 is 2.23 bits per heavy atom. The van der Waals surface area contributed by atoms with Crippen LogP contribution in [0.5, 0.6) is 5.75 Å². The summed E-state index contributed by atoms with van der Waals surface area (Å²) in [6, 6.07) is 3.80. The van der Waals surface area contributed by atoms with Crippen LogP contribution in [0.4, 0.5) is 4.39 Å². The Morgan fingerprint density at radius 3 is 2.92 bits per heavy atom. The molecule has 26 heavy (non-hydrogen) atoms. The first-order valence-electron chi connectivity index (χ1n) is 7.61. The lowest BCUT2D eigenvalue weighted by atomic mass is 10.3. The molecule has 2 aromatic heterocycles. The number of benzene rings is 1. The lowest BCUT2D eigenvalue weighted by Gasteiger charge is -2.13. The highest BCUT2D eigenvalue weighted by atomic mass is 35.5. The molecule has 0 unspecified atom stereocenters. The van der Waals surface area contributed by atoms with Crippen molar-refractivity contribution in [1.29, 1.82) is 0 Å². The second kappa shape index (κ2) is 7.84. The fraction of sp³-hybridized carbons (Fsp3) is 0.235. The maximum atomic E-state index is 13.0. The predicted molar refractivity (Wildman–Crippen MR) is 94.9 cm³/mol. The molecule has 0 aliphatic heterocycles. The van der Waals surface area contributed by atoms with Gasteiger partial charge in [-0.3, -0.25) is 4.79 Å². The number of rotatable bonds is 6. The van der Waals surface area contributed by atoms with Crippen LogP contribution in [0.2, 0.25) is 5.02 Å². The molecule has 0 N–H and O–H groups in total. The van der Waals surface area contributed by atoms with Crippen molar-refractivity contribution in [3.05, 3.63) is 63.0 Å². The van der Waals surface area contributed by atoms with E-state index in [1.807, 2.05) is 12.3 Å². The summed E-state index contributed by atoms with van der Waals surface area (Å²) in [5.74, 6) is -0.225. The van der Waals surface area contributed by atoms with Crippen LogP contribution in [-0.4, -0.2) is 27.8 Å². The van der Waals surface area contributed by atoms with Crippen LogP contribution in [0.15, 0.2) is 34.3 Å². The van der Waals surface area contributed by atoms with Gasteiger partial charge in [0.2, 0.25) is 5.89 Å². The van der Waals surface area contributed by atoms with E-state index in [4.69, 9.17) is 20.8 Å². The maximum absolute atomic E-state index is 13.0. The van der Waals surface area contributed by atoms with E-state index in [-0.39, 0.29) is 29.1 Å². The number of oxazole rings is 1. The summed E-state index contributed by atoms with van der Waals surface area (Å²) in [7, 11) is 1.67. The average Bonchev–Trinajstić information content (AvgIpc) is 3.22. The van der Waals surface area contributed by atoms with E-state index < -0.39 is 5.82 Å². The van der Waals surface area contributed by atoms with Crippen LogP contribution in [0, 0.1) is 12.7 Å². The molecule has 3 aromatic rings. The number of carbonyl (C=O) groups is 1. The van der Waals surface area contributed by atoms with Crippen LogP contribution in [0.3, 0.4) is 0 Å². The highest BCUT2D eigenvalue weighted by Gasteiger charge is 2.18. The van der Waals surface area contributed by atoms with Crippen molar-refractivity contribution in [3.63, 3.8) is 0 Å². The van der Waals surface area contributed by atoms with Gasteiger partial charge in [0, 0.05) is 12.4 Å². The second-order valence-electron chi connectivity index (χ2n) is 5.51. The summed E-state index contributed by atoms with van der Waals surface area (Å²) in [5, 5.41) is 3.00. The van der Waals surface area contributed by atoms with Gasteiger partial charge < -0.3 is 14.1 Å². The van der Waals surface area contributed by atoms with Gasteiger partial charge in [0.05, 0.1) is 22.3 Å². The molecule has 0 fully saturated rings. The highest BCUT2D eigenvalue weighted by Crippen LogP contribution is 2.25. The summed E-state index contributed by atoms with van der Waals surface area (Å²) in [6.45, 7) is 2.26. The third-order valence-corrected chi connectivity index (χ3v) is 4.55. The van der Waals surface area contributed by atoms with E-state index in [2.05, 4.69) is 9.97 Å². The zero-order chi connectivity index (χ0) is 18.7. The van der Waals surface area contributed by atoms with Crippen molar-refractivity contribution in [1.82, 2.24) is 14.9 Å². The highest BCUT2D eigenvalue weighted by molar-refractivity contribution is 7.09. The molecule has 0 bridgehead atoms. The van der Waals surface area contributed by atoms with Crippen molar-refractivity contribution in [2.45, 2.75) is 20.1 Å². The van der Waals surface area contributed by atoms with Crippen molar-refractivity contribution in [3.8, 4) is 5.75 Å². The largest absolute Gasteiger partial charge is 0.482 e. The quantitative estimate of drug-likeness (QED) is 0.629. The lowest BCUT2D eigenvalue weighted by molar-refractivity contribution is 0.0777. The third-order valence-electron chi connectivity index (χ3n) is 3.43. The summed E-state index contributed by atoms with van der Waals surface area (Å²) in [4.78, 5) is 22.4. The van der Waals surface area contributed by atoms with Gasteiger partial charge >= 0.3 is 0 Å². The Morgan fingerprint density at radius 1 is 1.42 bits per heavy atom. The van der Waals surface area contributed by atoms with E-state index >= 15 is 0 Å². The Hall–Kier alpha value is -2.45. The van der Waals surface area contributed by atoms with Gasteiger partial charge in [0.1, 0.15) is 17.8 Å². The minimum atomic E-state index is -0.454. The minimum absolute atomic E-state index is 0.0341. The smallest absolute Gasteiger partial charge is 0.275 e. The fourth-order valence-electron chi connectivity index (χ4n) is 2.20. The Labute approximate surface area is 158 Å². The van der Waals surface area contributed by atoms with Gasteiger partial charge in [-0.15, -0.1) is 11.3 Å². The monoisotopic (exact) mass is 395 g/mol. The Bertz CT molecular complexity index is 928. The summed E-state index contributed by atoms with van der Waals surface area (Å²) < 4.78 is 23.7. The van der Waals surface area contributed by atoms with Gasteiger partial charge in [-0.25, -0.2) is 14.4 Å². The van der Waals surface area contributed by atoms with Crippen molar-refractivity contribution < 1.29 is 18.3 Å². The van der Waals surface area contributed by atoms with Gasteiger partial charge in [0.15, 0.2) is 12.3 Å². The topological polar surface area (TPSA) is 68.5 Å². The molecule has 1 aromatic carbocycles. The van der Waals surface area contributed by atoms with E-state index in [1.165, 1.54) is 34.6 Å². The molecule has 136 valence electrons. The normalized spacial score (nSPS) is 10.8. The van der Waals surface area contributed by atoms with Crippen LogP contribution in [0.1, 0.15) is 27.1 Å². The molecule has 1 amide bonds. The summed E-state index contributed by atoms with van der Waals surface area (Å²) in [5.41, 5.74) is 0.990. The number of nitrogens with zero attached hydrogens (tertiary/aromatic N) is 3. The molecule has 0 aliphatic carbocycles. The lowest BCUT2D eigenvalue weighted by Crippen LogP contribution is -2.26. The van der Waals surface area contributed by atoms with Crippen LogP contribution in [-0.2, 0) is 13.2 Å². The van der Waals surface area contributed by atoms with Crippen molar-refractivity contribution in [2.75, 3.05) is 7.05 Å². The number of hydrogen-bond donors (Lipinski definition) is 0. The molecule has 0 aliphatic rings. The molecule has 3 rings (SSSR count). The first-order valence-corrected chi connectivity index (χ1v) is 8.87. The molecule has 0 saturated carbocycles. The van der Waals surface area contributed by atoms with E-state index in [9.17, 15) is 9.18 Å².